The van der Waals surface area contributed by atoms with Crippen LogP contribution in [0.15, 0.2) is 0 Å². The predicted octanol–water partition coefficient (Wildman–Crippen LogP) is 1.35. The predicted molar refractivity (Wildman–Crippen MR) is 84.3 cm³/mol. The molecule has 0 bridgehead atoms. The number of piperidine rings is 1. The van der Waals surface area contributed by atoms with E-state index >= 15 is 0 Å². The van der Waals surface area contributed by atoms with E-state index in [4.69, 9.17) is 0 Å². The monoisotopic (exact) mass is 305 g/mol. The summed E-state index contributed by atoms with van der Waals surface area (Å²) in [5.74, 6) is 2.12. The third-order valence-corrected chi connectivity index (χ3v) is 5.11. The molecule has 0 saturated carbocycles. The maximum Gasteiger partial charge on any atom is 0.227 e. The fourth-order valence-electron chi connectivity index (χ4n) is 3.67. The van der Waals surface area contributed by atoms with Crippen LogP contribution in [0.4, 0.5) is 0 Å². The molecule has 0 unspecified atom stereocenters. The number of carbonyl (C=O) groups is 1. The lowest BCUT2D eigenvalue weighted by atomic mass is 9.81. The van der Waals surface area contributed by atoms with Gasteiger partial charge in [-0.1, -0.05) is 6.92 Å². The van der Waals surface area contributed by atoms with Crippen LogP contribution < -0.4 is 5.32 Å². The van der Waals surface area contributed by atoms with Crippen LogP contribution in [0.3, 0.4) is 0 Å². The van der Waals surface area contributed by atoms with Crippen molar-refractivity contribution < 1.29 is 4.79 Å². The molecule has 3 heterocycles. The van der Waals surface area contributed by atoms with E-state index in [9.17, 15) is 4.79 Å². The van der Waals surface area contributed by atoms with Crippen LogP contribution in [0.2, 0.25) is 0 Å². The Labute approximate surface area is 132 Å². The highest BCUT2D eigenvalue weighted by Gasteiger charge is 2.37. The Morgan fingerprint density at radius 1 is 1.27 bits per heavy atom. The Hall–Kier alpha value is -1.43. The number of nitrogens with one attached hydrogen (secondary N) is 1. The molecule has 0 spiro atoms. The SMILES string of the molecule is CCN1CCC[C@@](C)(C(=O)NCc2nnc3n2CCCC3)C1. The lowest BCUT2D eigenvalue weighted by Crippen LogP contribution is -2.50. The van der Waals surface area contributed by atoms with E-state index in [1.54, 1.807) is 0 Å². The number of aromatic nitrogens is 3. The molecule has 2 aliphatic heterocycles. The van der Waals surface area contributed by atoms with Crippen LogP contribution in [0.25, 0.3) is 0 Å². The van der Waals surface area contributed by atoms with Crippen LogP contribution in [-0.2, 0) is 24.3 Å². The summed E-state index contributed by atoms with van der Waals surface area (Å²) in [6, 6.07) is 0. The van der Waals surface area contributed by atoms with Crippen molar-refractivity contribution in [3.63, 3.8) is 0 Å². The molecule has 1 aromatic rings. The van der Waals surface area contributed by atoms with Gasteiger partial charge in [-0.25, -0.2) is 0 Å². The van der Waals surface area contributed by atoms with E-state index in [1.165, 1.54) is 12.8 Å². The lowest BCUT2D eigenvalue weighted by Gasteiger charge is -2.38. The molecule has 6 heteroatoms. The van der Waals surface area contributed by atoms with Crippen molar-refractivity contribution in [3.05, 3.63) is 11.6 Å². The van der Waals surface area contributed by atoms with E-state index in [0.717, 1.165) is 57.1 Å². The number of fused-ring (bicyclic) bond motifs is 1. The smallest absolute Gasteiger partial charge is 0.227 e. The summed E-state index contributed by atoms with van der Waals surface area (Å²) in [6.07, 6.45) is 5.43. The molecular weight excluding hydrogens is 278 g/mol. The maximum atomic E-state index is 12.6. The molecule has 3 rings (SSSR count). The van der Waals surface area contributed by atoms with Gasteiger partial charge in [0.05, 0.1) is 12.0 Å². The summed E-state index contributed by atoms with van der Waals surface area (Å²) in [5.41, 5.74) is -0.279. The highest BCUT2D eigenvalue weighted by molar-refractivity contribution is 5.82. The number of hydrogen-bond acceptors (Lipinski definition) is 4. The number of amides is 1. The van der Waals surface area contributed by atoms with Crippen molar-refractivity contribution in [2.75, 3.05) is 19.6 Å². The minimum atomic E-state index is -0.279. The fraction of sp³-hybridized carbons (Fsp3) is 0.812. The average Bonchev–Trinajstić information content (AvgIpc) is 2.95. The van der Waals surface area contributed by atoms with E-state index in [-0.39, 0.29) is 11.3 Å². The van der Waals surface area contributed by atoms with Crippen LogP contribution in [0.1, 0.15) is 51.2 Å². The first-order valence-electron chi connectivity index (χ1n) is 8.54. The van der Waals surface area contributed by atoms with E-state index in [2.05, 4.69) is 38.8 Å². The van der Waals surface area contributed by atoms with Crippen LogP contribution in [-0.4, -0.2) is 45.2 Å². The number of nitrogens with zero attached hydrogens (tertiary/aromatic N) is 4. The van der Waals surface area contributed by atoms with Gasteiger partial charge in [0, 0.05) is 19.5 Å². The van der Waals surface area contributed by atoms with Crippen molar-refractivity contribution in [1.29, 1.82) is 0 Å². The fourth-order valence-corrected chi connectivity index (χ4v) is 3.67. The first-order chi connectivity index (χ1) is 10.6. The molecule has 1 saturated heterocycles. The Bertz CT molecular complexity index is 541. The zero-order valence-corrected chi connectivity index (χ0v) is 13.8. The van der Waals surface area contributed by atoms with Crippen LogP contribution in [0.5, 0.6) is 0 Å². The second-order valence-electron chi connectivity index (χ2n) is 6.86. The molecule has 0 radical (unpaired) electrons. The highest BCUT2D eigenvalue weighted by atomic mass is 16.2. The zero-order chi connectivity index (χ0) is 15.6. The van der Waals surface area contributed by atoms with Gasteiger partial charge in [-0.2, -0.15) is 0 Å². The summed E-state index contributed by atoms with van der Waals surface area (Å²) < 4.78 is 2.17. The Kier molecular flexibility index (Phi) is 4.47. The lowest BCUT2D eigenvalue weighted by molar-refractivity contribution is -0.133. The van der Waals surface area contributed by atoms with Gasteiger partial charge in [-0.15, -0.1) is 10.2 Å². The summed E-state index contributed by atoms with van der Waals surface area (Å²) in [7, 11) is 0. The van der Waals surface area contributed by atoms with Crippen molar-refractivity contribution in [2.24, 2.45) is 5.41 Å². The molecule has 2 aliphatic rings. The average molecular weight is 305 g/mol. The summed E-state index contributed by atoms with van der Waals surface area (Å²) >= 11 is 0. The van der Waals surface area contributed by atoms with Gasteiger partial charge < -0.3 is 14.8 Å². The van der Waals surface area contributed by atoms with Gasteiger partial charge in [0.1, 0.15) is 5.82 Å². The normalized spacial score (nSPS) is 25.7. The molecule has 122 valence electrons. The number of hydrogen-bond donors (Lipinski definition) is 1. The molecule has 1 fully saturated rings. The van der Waals surface area contributed by atoms with Crippen molar-refractivity contribution >= 4 is 5.91 Å². The standard InChI is InChI=1S/C16H27N5O/c1-3-20-9-6-8-16(2,12-20)15(22)17-11-14-19-18-13-7-4-5-10-21(13)14/h3-12H2,1-2H3,(H,17,22)/t16-/m1/s1. The highest BCUT2D eigenvalue weighted by Crippen LogP contribution is 2.29. The second-order valence-corrected chi connectivity index (χ2v) is 6.86. The van der Waals surface area contributed by atoms with Crippen molar-refractivity contribution in [1.82, 2.24) is 25.0 Å². The molecule has 0 aliphatic carbocycles. The third kappa shape index (κ3) is 3.02. The number of aryl methyl sites for hydroxylation is 1. The molecule has 1 atom stereocenters. The van der Waals surface area contributed by atoms with Gasteiger partial charge in [-0.05, 0) is 45.7 Å². The van der Waals surface area contributed by atoms with Gasteiger partial charge in [0.15, 0.2) is 5.82 Å². The topological polar surface area (TPSA) is 63.1 Å². The van der Waals surface area contributed by atoms with E-state index in [0.29, 0.717) is 6.54 Å². The van der Waals surface area contributed by atoms with Gasteiger partial charge in [0.25, 0.3) is 0 Å². The van der Waals surface area contributed by atoms with Crippen molar-refractivity contribution in [2.45, 2.75) is 59.0 Å². The third-order valence-electron chi connectivity index (χ3n) is 5.11. The molecule has 1 aromatic heterocycles. The number of likely N-dealkylation sites (tertiary alicyclic amines) is 1. The number of carbonyl (C=O) groups excluding carboxylic acids is 1. The van der Waals surface area contributed by atoms with E-state index < -0.39 is 0 Å². The molecule has 1 N–H and O–H groups in total. The summed E-state index contributed by atoms with van der Waals surface area (Å²) in [5, 5.41) is 11.6. The Morgan fingerprint density at radius 2 is 2.14 bits per heavy atom. The van der Waals surface area contributed by atoms with Gasteiger partial charge in [0.2, 0.25) is 5.91 Å². The first kappa shape index (κ1) is 15.5. The summed E-state index contributed by atoms with van der Waals surface area (Å²) in [4.78, 5) is 15.0. The Balaban J connectivity index is 1.61. The van der Waals surface area contributed by atoms with Crippen LogP contribution in [0, 0.1) is 5.41 Å². The van der Waals surface area contributed by atoms with Crippen molar-refractivity contribution in [3.8, 4) is 0 Å². The molecule has 22 heavy (non-hydrogen) atoms. The van der Waals surface area contributed by atoms with Crippen LogP contribution >= 0.6 is 0 Å². The zero-order valence-electron chi connectivity index (χ0n) is 13.8. The minimum absolute atomic E-state index is 0.152. The molecular formula is C16H27N5O. The second kappa shape index (κ2) is 6.36. The van der Waals surface area contributed by atoms with Gasteiger partial charge in [-0.3, -0.25) is 4.79 Å². The van der Waals surface area contributed by atoms with Gasteiger partial charge >= 0.3 is 0 Å². The number of rotatable bonds is 4. The minimum Gasteiger partial charge on any atom is -0.348 e. The maximum absolute atomic E-state index is 12.6. The molecule has 0 aromatic carbocycles. The quantitative estimate of drug-likeness (QED) is 0.912. The molecule has 1 amide bonds. The van der Waals surface area contributed by atoms with E-state index in [1.807, 2.05) is 0 Å². The molecule has 6 nitrogen and oxygen atoms in total. The first-order valence-corrected chi connectivity index (χ1v) is 8.54. The summed E-state index contributed by atoms with van der Waals surface area (Å²) in [6.45, 7) is 8.70. The largest absolute Gasteiger partial charge is 0.348 e. The Morgan fingerprint density at radius 3 is 2.95 bits per heavy atom.